The Morgan fingerprint density at radius 2 is 2.00 bits per heavy atom. The first kappa shape index (κ1) is 9.22. The summed E-state index contributed by atoms with van der Waals surface area (Å²) < 4.78 is 0. The quantitative estimate of drug-likeness (QED) is 0.732. The molecule has 2 N–H and O–H groups in total. The normalized spacial score (nSPS) is 27.7. The third kappa shape index (κ3) is 1.79. The average Bonchev–Trinajstić information content (AvgIpc) is 2.57. The van der Waals surface area contributed by atoms with Crippen molar-refractivity contribution >= 4 is 11.3 Å². The number of hydrogen-bond donors (Lipinski definition) is 1. The molecule has 72 valence electrons. The highest BCUT2D eigenvalue weighted by Gasteiger charge is 2.36. The predicted molar refractivity (Wildman–Crippen MR) is 58.4 cm³/mol. The van der Waals surface area contributed by atoms with Gasteiger partial charge >= 0.3 is 0 Å². The van der Waals surface area contributed by atoms with Crippen LogP contribution in [0.25, 0.3) is 0 Å². The van der Waals surface area contributed by atoms with Crippen LogP contribution < -0.4 is 5.73 Å². The zero-order chi connectivity index (χ0) is 9.64. The fourth-order valence-electron chi connectivity index (χ4n) is 1.50. The van der Waals surface area contributed by atoms with Crippen LogP contribution in [0.3, 0.4) is 0 Å². The van der Waals surface area contributed by atoms with Crippen LogP contribution in [0.1, 0.15) is 42.9 Å². The lowest BCUT2D eigenvalue weighted by atomic mass is 9.95. The summed E-state index contributed by atoms with van der Waals surface area (Å²) in [6, 6.07) is 4.94. The van der Waals surface area contributed by atoms with Gasteiger partial charge in [0.05, 0.1) is 0 Å². The summed E-state index contributed by atoms with van der Waals surface area (Å²) >= 11 is 1.93. The van der Waals surface area contributed by atoms with Crippen molar-refractivity contribution in [1.82, 2.24) is 0 Å². The van der Waals surface area contributed by atoms with Crippen molar-refractivity contribution in [2.75, 3.05) is 0 Å². The predicted octanol–water partition coefficient (Wildman–Crippen LogP) is 2.86. The Kier molecular flexibility index (Phi) is 2.00. The lowest BCUT2D eigenvalue weighted by molar-refractivity contribution is 0.604. The first-order valence-electron chi connectivity index (χ1n) is 4.84. The van der Waals surface area contributed by atoms with Crippen molar-refractivity contribution in [3.63, 3.8) is 0 Å². The minimum Gasteiger partial charge on any atom is -0.327 e. The Morgan fingerprint density at radius 1 is 1.38 bits per heavy atom. The highest BCUT2D eigenvalue weighted by atomic mass is 32.1. The molecular formula is C11H17NS. The van der Waals surface area contributed by atoms with Gasteiger partial charge in [-0.3, -0.25) is 0 Å². The van der Waals surface area contributed by atoms with Crippen LogP contribution in [-0.2, 0) is 5.41 Å². The van der Waals surface area contributed by atoms with E-state index in [0.717, 1.165) is 0 Å². The molecule has 0 amide bonds. The highest BCUT2D eigenvalue weighted by Crippen LogP contribution is 2.44. The van der Waals surface area contributed by atoms with Crippen molar-refractivity contribution in [2.45, 2.75) is 44.6 Å². The lowest BCUT2D eigenvalue weighted by Crippen LogP contribution is -2.07. The maximum absolute atomic E-state index is 5.82. The molecular weight excluding hydrogens is 178 g/mol. The van der Waals surface area contributed by atoms with Crippen LogP contribution in [-0.4, -0.2) is 6.04 Å². The van der Waals surface area contributed by atoms with E-state index in [2.05, 4.69) is 32.9 Å². The third-order valence-corrected chi connectivity index (χ3v) is 4.21. The monoisotopic (exact) mass is 195 g/mol. The molecule has 0 spiro atoms. The summed E-state index contributed by atoms with van der Waals surface area (Å²) in [4.78, 5) is 2.96. The van der Waals surface area contributed by atoms with E-state index in [1.54, 1.807) is 0 Å². The molecule has 0 bridgehead atoms. The van der Waals surface area contributed by atoms with Crippen molar-refractivity contribution < 1.29 is 0 Å². The van der Waals surface area contributed by atoms with E-state index >= 15 is 0 Å². The Hall–Kier alpha value is -0.340. The van der Waals surface area contributed by atoms with Gasteiger partial charge in [-0.1, -0.05) is 20.8 Å². The van der Waals surface area contributed by atoms with Gasteiger partial charge in [0.2, 0.25) is 0 Å². The van der Waals surface area contributed by atoms with Crippen LogP contribution >= 0.6 is 11.3 Å². The molecule has 0 aliphatic heterocycles. The molecule has 1 heterocycles. The SMILES string of the molecule is CC(C)(C)c1ccc(C2CC2N)s1. The van der Waals surface area contributed by atoms with Gasteiger partial charge in [-0.2, -0.15) is 0 Å². The number of hydrogen-bond acceptors (Lipinski definition) is 2. The first-order valence-corrected chi connectivity index (χ1v) is 5.66. The summed E-state index contributed by atoms with van der Waals surface area (Å²) in [6.07, 6.45) is 1.18. The number of thiophene rings is 1. The van der Waals surface area contributed by atoms with Gasteiger partial charge in [0.25, 0.3) is 0 Å². The van der Waals surface area contributed by atoms with Crippen molar-refractivity contribution in [3.05, 3.63) is 21.9 Å². The topological polar surface area (TPSA) is 26.0 Å². The largest absolute Gasteiger partial charge is 0.327 e. The molecule has 0 saturated heterocycles. The molecule has 1 nitrogen and oxygen atoms in total. The summed E-state index contributed by atoms with van der Waals surface area (Å²) in [5.74, 6) is 0.668. The van der Waals surface area contributed by atoms with Crippen molar-refractivity contribution in [2.24, 2.45) is 5.73 Å². The van der Waals surface area contributed by atoms with Gasteiger partial charge < -0.3 is 5.73 Å². The summed E-state index contributed by atoms with van der Waals surface area (Å²) in [7, 11) is 0. The minimum absolute atomic E-state index is 0.294. The van der Waals surface area contributed by atoms with E-state index in [-0.39, 0.29) is 0 Å². The smallest absolute Gasteiger partial charge is 0.0123 e. The zero-order valence-electron chi connectivity index (χ0n) is 8.50. The van der Waals surface area contributed by atoms with Crippen LogP contribution in [0.4, 0.5) is 0 Å². The Morgan fingerprint density at radius 3 is 2.38 bits per heavy atom. The highest BCUT2D eigenvalue weighted by molar-refractivity contribution is 7.12. The maximum Gasteiger partial charge on any atom is 0.0123 e. The maximum atomic E-state index is 5.82. The van der Waals surface area contributed by atoms with E-state index in [4.69, 9.17) is 5.73 Å². The van der Waals surface area contributed by atoms with Crippen LogP contribution in [0.2, 0.25) is 0 Å². The van der Waals surface area contributed by atoms with Gasteiger partial charge in [0.15, 0.2) is 0 Å². The van der Waals surface area contributed by atoms with E-state index in [1.165, 1.54) is 16.2 Å². The van der Waals surface area contributed by atoms with Crippen LogP contribution in [0.5, 0.6) is 0 Å². The molecule has 2 rings (SSSR count). The first-order chi connectivity index (χ1) is 5.98. The van der Waals surface area contributed by atoms with E-state index < -0.39 is 0 Å². The molecule has 1 aromatic rings. The van der Waals surface area contributed by atoms with Gasteiger partial charge in [-0.05, 0) is 24.0 Å². The van der Waals surface area contributed by atoms with Crippen LogP contribution in [0.15, 0.2) is 12.1 Å². The Bertz CT molecular complexity index is 308. The Labute approximate surface area is 84.0 Å². The van der Waals surface area contributed by atoms with Crippen LogP contribution in [0, 0.1) is 0 Å². The average molecular weight is 195 g/mol. The standard InChI is InChI=1S/C11H17NS/c1-11(2,3)10-5-4-9(13-10)7-6-8(7)12/h4-5,7-8H,6,12H2,1-3H3. The fraction of sp³-hybridized carbons (Fsp3) is 0.636. The summed E-state index contributed by atoms with van der Waals surface area (Å²) in [5.41, 5.74) is 6.12. The second-order valence-corrected chi connectivity index (χ2v) is 6.07. The number of rotatable bonds is 1. The number of nitrogens with two attached hydrogens (primary N) is 1. The molecule has 13 heavy (non-hydrogen) atoms. The molecule has 2 unspecified atom stereocenters. The van der Waals surface area contributed by atoms with E-state index in [9.17, 15) is 0 Å². The Balaban J connectivity index is 2.19. The zero-order valence-corrected chi connectivity index (χ0v) is 9.32. The van der Waals surface area contributed by atoms with Gasteiger partial charge in [-0.25, -0.2) is 0 Å². The van der Waals surface area contributed by atoms with E-state index in [0.29, 0.717) is 17.4 Å². The summed E-state index contributed by atoms with van der Waals surface area (Å²) in [5, 5.41) is 0. The molecule has 0 radical (unpaired) electrons. The molecule has 1 aliphatic rings. The van der Waals surface area contributed by atoms with Gasteiger partial charge in [-0.15, -0.1) is 11.3 Å². The minimum atomic E-state index is 0.294. The van der Waals surface area contributed by atoms with Gasteiger partial charge in [0.1, 0.15) is 0 Å². The lowest BCUT2D eigenvalue weighted by Gasteiger charge is -2.15. The second-order valence-electron chi connectivity index (χ2n) is 4.96. The molecule has 1 aliphatic carbocycles. The molecule has 2 heteroatoms. The second kappa shape index (κ2) is 2.82. The molecule has 0 aromatic carbocycles. The van der Waals surface area contributed by atoms with Crippen molar-refractivity contribution in [3.8, 4) is 0 Å². The van der Waals surface area contributed by atoms with E-state index in [1.807, 2.05) is 11.3 Å². The van der Waals surface area contributed by atoms with Crippen molar-refractivity contribution in [1.29, 1.82) is 0 Å². The van der Waals surface area contributed by atoms with Gasteiger partial charge in [0, 0.05) is 21.7 Å². The molecule has 1 saturated carbocycles. The molecule has 1 fully saturated rings. The molecule has 1 aromatic heterocycles. The fourth-order valence-corrected chi connectivity index (χ4v) is 2.75. The molecule has 2 atom stereocenters. The summed E-state index contributed by atoms with van der Waals surface area (Å²) in [6.45, 7) is 6.78. The third-order valence-electron chi connectivity index (χ3n) is 2.57.